The van der Waals surface area contributed by atoms with Crippen LogP contribution in [0.5, 0.6) is 23.0 Å². The molecule has 18 heteroatoms. The molecule has 0 saturated heterocycles. The number of amides is 4. The van der Waals surface area contributed by atoms with E-state index in [-0.39, 0.29) is 60.1 Å². The molecule has 5 aromatic carbocycles. The first kappa shape index (κ1) is 52.1. The fourth-order valence-electron chi connectivity index (χ4n) is 9.66. The molecule has 0 bridgehead atoms. The summed E-state index contributed by atoms with van der Waals surface area (Å²) in [5, 5.41) is 9.56. The van der Waals surface area contributed by atoms with Crippen LogP contribution in [0.3, 0.4) is 0 Å². The topological polar surface area (TPSA) is 181 Å². The van der Waals surface area contributed by atoms with Gasteiger partial charge in [0.1, 0.15) is 13.2 Å². The van der Waals surface area contributed by atoms with Crippen molar-refractivity contribution < 1.29 is 43.0 Å². The second kappa shape index (κ2) is 23.6. The smallest absolute Gasteiger partial charge is 0.261 e. The minimum atomic E-state index is -0.207. The van der Waals surface area contributed by atoms with Gasteiger partial charge in [0.05, 0.1) is 55.4 Å². The van der Waals surface area contributed by atoms with Crippen molar-refractivity contribution in [2.75, 3.05) is 67.1 Å². The van der Waals surface area contributed by atoms with Gasteiger partial charge < -0.3 is 44.6 Å². The zero-order valence-corrected chi connectivity index (χ0v) is 44.1. The number of nitrogens with zero attached hydrogens (tertiary/aromatic N) is 3. The maximum absolute atomic E-state index is 14.1. The summed E-state index contributed by atoms with van der Waals surface area (Å²) in [6, 6.07) is 28.4. The van der Waals surface area contributed by atoms with Crippen LogP contribution in [0.1, 0.15) is 88.9 Å². The van der Waals surface area contributed by atoms with E-state index in [0.29, 0.717) is 90.1 Å². The minimum Gasteiger partial charge on any atom is -0.493 e. The maximum atomic E-state index is 14.1. The van der Waals surface area contributed by atoms with Gasteiger partial charge in [-0.05, 0) is 104 Å². The van der Waals surface area contributed by atoms with E-state index >= 15 is 0 Å². The average molecular weight is 1040 g/mol. The Morgan fingerprint density at radius 3 is 2.15 bits per heavy atom. The molecule has 4 heterocycles. The Balaban J connectivity index is 0.890. The van der Waals surface area contributed by atoms with Gasteiger partial charge in [-0.25, -0.2) is 5.48 Å². The van der Waals surface area contributed by atoms with Gasteiger partial charge in [-0.1, -0.05) is 58.0 Å². The number of hydrogen-bond acceptors (Lipinski definition) is 14. The van der Waals surface area contributed by atoms with Crippen molar-refractivity contribution in [3.8, 4) is 23.0 Å². The molecule has 5 aromatic rings. The standard InChI is InChI=1S/C56H63N7O9S2/c1-56(2,74-73-21-10-16-52(64)58-19-11-20-72-57-3)18-17-53(65)61-39-23-35(33-70-50-29-44-42(27-48(50)68-4)54(66)62-40(31-59-44)25-37-12-6-8-14-46(37)62)22-36(24-39)34-71-51-30-45-43(28-49(51)69-5)55(67)63-41(32-60-45)26-38-13-7-9-15-47(38)63/h6-9,12-15,22-24,27-31,40-41,57,60H,10-11,16-21,25-26,32-34H2,1-5H3,(H,58,64)(H,61,65)/t40-,41-/m0/s1. The van der Waals surface area contributed by atoms with Gasteiger partial charge in [-0.3, -0.25) is 29.1 Å². The van der Waals surface area contributed by atoms with Gasteiger partial charge in [0.15, 0.2) is 23.0 Å². The van der Waals surface area contributed by atoms with E-state index in [2.05, 4.69) is 41.3 Å². The number of carbonyl (C=O) groups is 4. The Kier molecular flexibility index (Phi) is 16.7. The molecule has 0 saturated carbocycles. The van der Waals surface area contributed by atoms with Crippen molar-refractivity contribution in [3.63, 3.8) is 0 Å². The fraction of sp³-hybridized carbons (Fsp3) is 0.375. The highest BCUT2D eigenvalue weighted by molar-refractivity contribution is 8.77. The lowest BCUT2D eigenvalue weighted by Crippen LogP contribution is -2.39. The van der Waals surface area contributed by atoms with Crippen LogP contribution in [0.15, 0.2) is 96.0 Å². The first-order valence-corrected chi connectivity index (χ1v) is 27.3. The van der Waals surface area contributed by atoms with E-state index in [1.165, 1.54) is 7.11 Å². The zero-order chi connectivity index (χ0) is 51.8. The molecule has 4 aliphatic rings. The van der Waals surface area contributed by atoms with Crippen molar-refractivity contribution in [2.45, 2.75) is 88.8 Å². The molecule has 74 heavy (non-hydrogen) atoms. The van der Waals surface area contributed by atoms with Gasteiger partial charge in [0, 0.05) is 85.3 Å². The summed E-state index contributed by atoms with van der Waals surface area (Å²) < 4.78 is 24.4. The van der Waals surface area contributed by atoms with E-state index in [1.54, 1.807) is 58.8 Å². The molecule has 9 rings (SSSR count). The molecule has 2 atom stereocenters. The van der Waals surface area contributed by atoms with Crippen LogP contribution < -0.4 is 50.2 Å². The third-order valence-electron chi connectivity index (χ3n) is 13.4. The second-order valence-corrected chi connectivity index (χ2v) is 22.3. The molecule has 4 N–H and O–H groups in total. The number of hydroxylamine groups is 1. The van der Waals surface area contributed by atoms with Crippen LogP contribution >= 0.6 is 21.6 Å². The Labute approximate surface area is 440 Å². The molecule has 0 aliphatic carbocycles. The van der Waals surface area contributed by atoms with Crippen molar-refractivity contribution in [3.05, 3.63) is 124 Å². The number of rotatable bonds is 23. The largest absolute Gasteiger partial charge is 0.493 e. The number of carbonyl (C=O) groups excluding carboxylic acids is 4. The highest BCUT2D eigenvalue weighted by atomic mass is 33.1. The predicted molar refractivity (Wildman–Crippen MR) is 293 cm³/mol. The Bertz CT molecular complexity index is 2930. The lowest BCUT2D eigenvalue weighted by atomic mass is 10.1. The summed E-state index contributed by atoms with van der Waals surface area (Å²) in [5.74, 6) is 2.07. The fourth-order valence-corrected chi connectivity index (χ4v) is 12.3. The summed E-state index contributed by atoms with van der Waals surface area (Å²) in [5.41, 5.74) is 10.8. The number of fused-ring (bicyclic) bond motifs is 8. The predicted octanol–water partition coefficient (Wildman–Crippen LogP) is 9.46. The summed E-state index contributed by atoms with van der Waals surface area (Å²) in [6.07, 6.45) is 6.12. The SMILES string of the molecule is CNOCCCNC(=O)CCCSSC(C)(C)CCC(=O)Nc1cc(COc2cc3c(cc2OC)C(=O)N2c4ccccc4C[C@H]2C=N3)cc(COc2cc3c(cc2OC)C(=O)N2c4ccccc4C[C@H]2CN3)c1. The van der Waals surface area contributed by atoms with Crippen molar-refractivity contribution in [2.24, 2.45) is 4.99 Å². The van der Waals surface area contributed by atoms with E-state index in [1.807, 2.05) is 77.8 Å². The van der Waals surface area contributed by atoms with Crippen LogP contribution in [0, 0.1) is 0 Å². The van der Waals surface area contributed by atoms with Gasteiger partial charge in [-0.15, -0.1) is 0 Å². The lowest BCUT2D eigenvalue weighted by Gasteiger charge is -2.23. The highest BCUT2D eigenvalue weighted by Gasteiger charge is 2.39. The molecule has 0 unspecified atom stereocenters. The normalized spacial score (nSPS) is 16.1. The average Bonchev–Trinajstić information content (AvgIpc) is 3.89. The van der Waals surface area contributed by atoms with E-state index in [4.69, 9.17) is 28.8 Å². The first-order chi connectivity index (χ1) is 35.9. The van der Waals surface area contributed by atoms with Crippen LogP contribution in [-0.4, -0.2) is 93.4 Å². The monoisotopic (exact) mass is 1040 g/mol. The molecule has 4 aliphatic heterocycles. The number of benzene rings is 5. The van der Waals surface area contributed by atoms with Crippen LogP contribution in [0.2, 0.25) is 0 Å². The van der Waals surface area contributed by atoms with Crippen molar-refractivity contribution >= 4 is 79.9 Å². The van der Waals surface area contributed by atoms with Gasteiger partial charge in [0.25, 0.3) is 11.8 Å². The molecule has 0 radical (unpaired) electrons. The molecule has 16 nitrogen and oxygen atoms in total. The van der Waals surface area contributed by atoms with Gasteiger partial charge in [-0.2, -0.15) is 0 Å². The van der Waals surface area contributed by atoms with E-state index < -0.39 is 0 Å². The Hall–Kier alpha value is -6.73. The molecule has 388 valence electrons. The zero-order valence-electron chi connectivity index (χ0n) is 42.4. The molecule has 4 amide bonds. The third-order valence-corrected chi connectivity index (χ3v) is 16.8. The quantitative estimate of drug-likeness (QED) is 0.0276. The molecular formula is C56H63N7O9S2. The Morgan fingerprint density at radius 2 is 1.43 bits per heavy atom. The summed E-state index contributed by atoms with van der Waals surface area (Å²) in [6.45, 7) is 6.09. The Morgan fingerprint density at radius 1 is 0.770 bits per heavy atom. The highest BCUT2D eigenvalue weighted by Crippen LogP contribution is 2.44. The number of anilines is 4. The van der Waals surface area contributed by atoms with E-state index in [9.17, 15) is 19.2 Å². The molecule has 0 fully saturated rings. The van der Waals surface area contributed by atoms with Crippen molar-refractivity contribution in [1.29, 1.82) is 0 Å². The maximum Gasteiger partial charge on any atom is 0.261 e. The van der Waals surface area contributed by atoms with Crippen molar-refractivity contribution in [1.82, 2.24) is 10.8 Å². The van der Waals surface area contributed by atoms with Crippen LogP contribution in [0.25, 0.3) is 0 Å². The summed E-state index contributed by atoms with van der Waals surface area (Å²) in [4.78, 5) is 67.7. The van der Waals surface area contributed by atoms with Gasteiger partial charge >= 0.3 is 0 Å². The van der Waals surface area contributed by atoms with Gasteiger partial charge in [0.2, 0.25) is 11.8 Å². The lowest BCUT2D eigenvalue weighted by molar-refractivity contribution is -0.121. The first-order valence-electron chi connectivity index (χ1n) is 25.0. The van der Waals surface area contributed by atoms with Crippen LogP contribution in [0.4, 0.5) is 28.4 Å². The molecule has 0 spiro atoms. The third kappa shape index (κ3) is 12.1. The number of aliphatic imine (C=N–C) groups is 1. The second-order valence-electron chi connectivity index (χ2n) is 19.2. The number of methoxy groups -OCH3 is 2. The number of para-hydroxylation sites is 2. The summed E-state index contributed by atoms with van der Waals surface area (Å²) in [7, 11) is 8.23. The molecular weight excluding hydrogens is 979 g/mol. The van der Waals surface area contributed by atoms with E-state index in [0.717, 1.165) is 58.6 Å². The summed E-state index contributed by atoms with van der Waals surface area (Å²) >= 11 is 0. The van der Waals surface area contributed by atoms with Crippen LogP contribution in [-0.2, 0) is 40.5 Å². The minimum absolute atomic E-state index is 0.0297. The molecule has 0 aromatic heterocycles. The number of hydrogen-bond donors (Lipinski definition) is 4. The number of ether oxygens (including phenoxy) is 4. The number of nitrogens with one attached hydrogen (secondary N) is 4.